The van der Waals surface area contributed by atoms with Gasteiger partial charge >= 0.3 is 0 Å². The molecule has 0 saturated heterocycles. The molecule has 0 aromatic heterocycles. The smallest absolute Gasteiger partial charge is 0.0666 e. The zero-order chi connectivity index (χ0) is 12.5. The van der Waals surface area contributed by atoms with Crippen molar-refractivity contribution in [3.05, 3.63) is 30.3 Å². The Labute approximate surface area is 104 Å². The van der Waals surface area contributed by atoms with Gasteiger partial charge in [0.2, 0.25) is 0 Å². The van der Waals surface area contributed by atoms with Gasteiger partial charge in [-0.1, -0.05) is 18.2 Å². The van der Waals surface area contributed by atoms with Crippen LogP contribution in [0.2, 0.25) is 0 Å². The molecule has 1 atom stereocenters. The maximum absolute atomic E-state index is 8.63. The Hall–Kier alpha value is -1.53. The van der Waals surface area contributed by atoms with Gasteiger partial charge in [-0.15, -0.1) is 0 Å². The molecule has 0 aliphatic carbocycles. The molecule has 3 nitrogen and oxygen atoms in total. The third-order valence-electron chi connectivity index (χ3n) is 2.71. The highest BCUT2D eigenvalue weighted by Crippen LogP contribution is 2.10. The van der Waals surface area contributed by atoms with Crippen molar-refractivity contribution >= 4 is 5.69 Å². The summed E-state index contributed by atoms with van der Waals surface area (Å²) in [5.74, 6) is 0.0989. The van der Waals surface area contributed by atoms with Gasteiger partial charge in [-0.3, -0.25) is 0 Å². The largest absolute Gasteiger partial charge is 0.375 e. The van der Waals surface area contributed by atoms with Crippen LogP contribution in [0.3, 0.4) is 0 Å². The Morgan fingerprint density at radius 1 is 1.35 bits per heavy atom. The van der Waals surface area contributed by atoms with E-state index in [9.17, 15) is 0 Å². The normalized spacial score (nSPS) is 11.8. The first kappa shape index (κ1) is 13.5. The Morgan fingerprint density at radius 2 is 2.06 bits per heavy atom. The minimum absolute atomic E-state index is 0.0989. The summed E-state index contributed by atoms with van der Waals surface area (Å²) in [6.45, 7) is 4.70. The standard InChI is InChI=1S/C14H21N3/c1-13(11-15)12-16-9-6-10-17(2)14-7-4-3-5-8-14/h3-5,7-8,13,16H,6,9-10,12H2,1-2H3. The van der Waals surface area contributed by atoms with E-state index in [-0.39, 0.29) is 5.92 Å². The van der Waals surface area contributed by atoms with Crippen LogP contribution in [0.4, 0.5) is 5.69 Å². The Kier molecular flexibility index (Phi) is 6.13. The van der Waals surface area contributed by atoms with E-state index in [0.29, 0.717) is 0 Å². The summed E-state index contributed by atoms with van der Waals surface area (Å²) in [6, 6.07) is 12.6. The van der Waals surface area contributed by atoms with Crippen LogP contribution < -0.4 is 10.2 Å². The molecule has 1 unspecified atom stereocenters. The monoisotopic (exact) mass is 231 g/mol. The van der Waals surface area contributed by atoms with Gasteiger partial charge < -0.3 is 10.2 Å². The highest BCUT2D eigenvalue weighted by atomic mass is 15.1. The lowest BCUT2D eigenvalue weighted by atomic mass is 10.2. The fraction of sp³-hybridized carbons (Fsp3) is 0.500. The number of benzene rings is 1. The number of nitrogens with zero attached hydrogens (tertiary/aromatic N) is 2. The molecule has 0 radical (unpaired) electrons. The molecule has 0 saturated carbocycles. The summed E-state index contributed by atoms with van der Waals surface area (Å²) >= 11 is 0. The molecule has 0 amide bonds. The lowest BCUT2D eigenvalue weighted by Crippen LogP contribution is -2.26. The predicted molar refractivity (Wildman–Crippen MR) is 72.0 cm³/mol. The van der Waals surface area contributed by atoms with Crippen LogP contribution in [0.15, 0.2) is 30.3 Å². The van der Waals surface area contributed by atoms with Gasteiger partial charge in [-0.05, 0) is 32.0 Å². The Morgan fingerprint density at radius 3 is 2.71 bits per heavy atom. The van der Waals surface area contributed by atoms with E-state index >= 15 is 0 Å². The predicted octanol–water partition coefficient (Wildman–Crippen LogP) is 2.26. The summed E-state index contributed by atoms with van der Waals surface area (Å²) < 4.78 is 0. The van der Waals surface area contributed by atoms with Crippen molar-refractivity contribution in [2.75, 3.05) is 31.6 Å². The maximum atomic E-state index is 8.63. The number of rotatable bonds is 7. The van der Waals surface area contributed by atoms with Crippen LogP contribution in [-0.2, 0) is 0 Å². The van der Waals surface area contributed by atoms with Crippen LogP contribution in [0.5, 0.6) is 0 Å². The molecule has 1 aromatic carbocycles. The second kappa shape index (κ2) is 7.70. The molecule has 17 heavy (non-hydrogen) atoms. The fourth-order valence-corrected chi connectivity index (χ4v) is 1.62. The Bertz CT molecular complexity index is 342. The topological polar surface area (TPSA) is 39.1 Å². The maximum Gasteiger partial charge on any atom is 0.0666 e. The highest BCUT2D eigenvalue weighted by Gasteiger charge is 2.00. The van der Waals surface area contributed by atoms with E-state index in [0.717, 1.165) is 26.1 Å². The second-order valence-corrected chi connectivity index (χ2v) is 4.34. The fourth-order valence-electron chi connectivity index (χ4n) is 1.62. The first-order chi connectivity index (χ1) is 8.24. The molecule has 0 heterocycles. The molecule has 92 valence electrons. The van der Waals surface area contributed by atoms with Gasteiger partial charge in [0.25, 0.3) is 0 Å². The van der Waals surface area contributed by atoms with Gasteiger partial charge in [-0.2, -0.15) is 5.26 Å². The molecular weight excluding hydrogens is 210 g/mol. The van der Waals surface area contributed by atoms with Crippen LogP contribution in [0.25, 0.3) is 0 Å². The third kappa shape index (κ3) is 5.37. The second-order valence-electron chi connectivity index (χ2n) is 4.34. The zero-order valence-corrected chi connectivity index (χ0v) is 10.7. The number of para-hydroxylation sites is 1. The third-order valence-corrected chi connectivity index (χ3v) is 2.71. The van der Waals surface area contributed by atoms with Crippen LogP contribution in [-0.4, -0.2) is 26.7 Å². The van der Waals surface area contributed by atoms with E-state index in [1.54, 1.807) is 0 Å². The van der Waals surface area contributed by atoms with Crippen molar-refractivity contribution in [2.45, 2.75) is 13.3 Å². The minimum Gasteiger partial charge on any atom is -0.375 e. The summed E-state index contributed by atoms with van der Waals surface area (Å²) in [4.78, 5) is 2.25. The molecule has 0 aliphatic rings. The van der Waals surface area contributed by atoms with Crippen molar-refractivity contribution in [3.8, 4) is 6.07 Å². The van der Waals surface area contributed by atoms with Crippen LogP contribution in [0.1, 0.15) is 13.3 Å². The van der Waals surface area contributed by atoms with Crippen molar-refractivity contribution < 1.29 is 0 Å². The van der Waals surface area contributed by atoms with Crippen molar-refractivity contribution in [1.29, 1.82) is 5.26 Å². The lowest BCUT2D eigenvalue weighted by Gasteiger charge is -2.19. The van der Waals surface area contributed by atoms with E-state index in [4.69, 9.17) is 5.26 Å². The molecule has 1 aromatic rings. The highest BCUT2D eigenvalue weighted by molar-refractivity contribution is 5.44. The molecule has 0 fully saturated rings. The Balaban J connectivity index is 2.13. The van der Waals surface area contributed by atoms with E-state index in [2.05, 4.69) is 47.6 Å². The van der Waals surface area contributed by atoms with Crippen LogP contribution >= 0.6 is 0 Å². The number of anilines is 1. The van der Waals surface area contributed by atoms with Gasteiger partial charge in [-0.25, -0.2) is 0 Å². The first-order valence-corrected chi connectivity index (χ1v) is 6.10. The molecule has 1 N–H and O–H groups in total. The van der Waals surface area contributed by atoms with Gasteiger partial charge in [0.1, 0.15) is 0 Å². The lowest BCUT2D eigenvalue weighted by molar-refractivity contribution is 0.584. The van der Waals surface area contributed by atoms with Crippen molar-refractivity contribution in [2.24, 2.45) is 5.92 Å². The van der Waals surface area contributed by atoms with Gasteiger partial charge in [0.15, 0.2) is 0 Å². The molecular formula is C14H21N3. The van der Waals surface area contributed by atoms with E-state index in [1.165, 1.54) is 5.69 Å². The summed E-state index contributed by atoms with van der Waals surface area (Å²) in [6.07, 6.45) is 1.09. The van der Waals surface area contributed by atoms with Gasteiger partial charge in [0, 0.05) is 25.8 Å². The van der Waals surface area contributed by atoms with Crippen molar-refractivity contribution in [1.82, 2.24) is 5.32 Å². The summed E-state index contributed by atoms with van der Waals surface area (Å²) in [5.41, 5.74) is 1.25. The quantitative estimate of drug-likeness (QED) is 0.732. The molecule has 3 heteroatoms. The molecule has 1 rings (SSSR count). The number of hydrogen-bond acceptors (Lipinski definition) is 3. The van der Waals surface area contributed by atoms with Crippen LogP contribution in [0, 0.1) is 17.2 Å². The van der Waals surface area contributed by atoms with E-state index in [1.807, 2.05) is 13.0 Å². The molecule has 0 bridgehead atoms. The number of nitrogens with one attached hydrogen (secondary N) is 1. The van der Waals surface area contributed by atoms with Gasteiger partial charge in [0.05, 0.1) is 12.0 Å². The molecule has 0 spiro atoms. The van der Waals surface area contributed by atoms with E-state index < -0.39 is 0 Å². The summed E-state index contributed by atoms with van der Waals surface area (Å²) in [5, 5.41) is 11.9. The minimum atomic E-state index is 0.0989. The average molecular weight is 231 g/mol. The molecule has 0 aliphatic heterocycles. The number of nitriles is 1. The first-order valence-electron chi connectivity index (χ1n) is 6.10. The van der Waals surface area contributed by atoms with Crippen molar-refractivity contribution in [3.63, 3.8) is 0 Å². The average Bonchev–Trinajstić information content (AvgIpc) is 2.38. The SMILES string of the molecule is CC(C#N)CNCCCN(C)c1ccccc1. The number of hydrogen-bond donors (Lipinski definition) is 1. The summed E-state index contributed by atoms with van der Waals surface area (Å²) in [7, 11) is 2.10. The zero-order valence-electron chi connectivity index (χ0n) is 10.7.